The Bertz CT molecular complexity index is 753. The van der Waals surface area contributed by atoms with E-state index in [9.17, 15) is 8.42 Å². The molecular formula is C14H14BrNO2S3. The molecular weight excluding hydrogens is 390 g/mol. The number of aryl methyl sites for hydroxylation is 1. The maximum Gasteiger partial charge on any atom is 0.263 e. The van der Waals surface area contributed by atoms with Crippen LogP contribution in [0.2, 0.25) is 0 Å². The Morgan fingerprint density at radius 2 is 2.14 bits per heavy atom. The van der Waals surface area contributed by atoms with Crippen molar-refractivity contribution in [2.45, 2.75) is 16.7 Å². The van der Waals surface area contributed by atoms with Crippen molar-refractivity contribution in [3.8, 4) is 0 Å². The lowest BCUT2D eigenvalue weighted by Gasteiger charge is -2.11. The highest BCUT2D eigenvalue weighted by Gasteiger charge is 2.20. The molecule has 1 aromatic carbocycles. The van der Waals surface area contributed by atoms with Gasteiger partial charge in [-0.15, -0.1) is 29.7 Å². The lowest BCUT2D eigenvalue weighted by atomic mass is 10.3. The highest BCUT2D eigenvalue weighted by atomic mass is 79.9. The minimum atomic E-state index is -3.58. The van der Waals surface area contributed by atoms with Gasteiger partial charge in [0, 0.05) is 15.5 Å². The molecule has 0 atom stereocenters. The standard InChI is InChI=1S/C14H14BrNO2S3/c1-3-8-19-12-7-5-4-6-11(12)16-21(17,18)13-9-14(15)20-10(13)2/h3-7,9,16H,1,8H2,2H3. The van der Waals surface area contributed by atoms with Gasteiger partial charge in [-0.1, -0.05) is 18.2 Å². The molecule has 0 aliphatic rings. The number of hydrogen-bond donors (Lipinski definition) is 1. The normalized spacial score (nSPS) is 11.3. The van der Waals surface area contributed by atoms with Crippen molar-refractivity contribution in [3.63, 3.8) is 0 Å². The summed E-state index contributed by atoms with van der Waals surface area (Å²) < 4.78 is 28.5. The molecule has 1 heterocycles. The van der Waals surface area contributed by atoms with E-state index in [0.29, 0.717) is 10.6 Å². The largest absolute Gasteiger partial charge is 0.278 e. The van der Waals surface area contributed by atoms with E-state index in [4.69, 9.17) is 0 Å². The minimum Gasteiger partial charge on any atom is -0.278 e. The maximum absolute atomic E-state index is 12.5. The zero-order valence-electron chi connectivity index (χ0n) is 11.3. The lowest BCUT2D eigenvalue weighted by molar-refractivity contribution is 0.601. The van der Waals surface area contributed by atoms with Crippen LogP contribution in [0.15, 0.2) is 56.6 Å². The fourth-order valence-electron chi connectivity index (χ4n) is 1.72. The summed E-state index contributed by atoms with van der Waals surface area (Å²) in [5, 5.41) is 0. The van der Waals surface area contributed by atoms with Gasteiger partial charge in [-0.3, -0.25) is 4.72 Å². The van der Waals surface area contributed by atoms with Crippen LogP contribution in [-0.4, -0.2) is 14.2 Å². The molecule has 7 heteroatoms. The number of benzene rings is 1. The molecule has 2 aromatic rings. The lowest BCUT2D eigenvalue weighted by Crippen LogP contribution is -2.13. The molecule has 0 radical (unpaired) electrons. The van der Waals surface area contributed by atoms with E-state index in [1.807, 2.05) is 18.2 Å². The highest BCUT2D eigenvalue weighted by Crippen LogP contribution is 2.33. The summed E-state index contributed by atoms with van der Waals surface area (Å²) in [6.07, 6.45) is 1.79. The van der Waals surface area contributed by atoms with Crippen LogP contribution in [0.25, 0.3) is 0 Å². The van der Waals surface area contributed by atoms with Crippen LogP contribution in [0.3, 0.4) is 0 Å². The average molecular weight is 404 g/mol. The van der Waals surface area contributed by atoms with E-state index in [1.165, 1.54) is 11.3 Å². The van der Waals surface area contributed by atoms with Gasteiger partial charge in [0.2, 0.25) is 0 Å². The molecule has 0 fully saturated rings. The van der Waals surface area contributed by atoms with E-state index in [-0.39, 0.29) is 0 Å². The second-order valence-electron chi connectivity index (χ2n) is 4.17. The molecule has 0 unspecified atom stereocenters. The fraction of sp³-hybridized carbons (Fsp3) is 0.143. The summed E-state index contributed by atoms with van der Waals surface area (Å²) >= 11 is 6.27. The van der Waals surface area contributed by atoms with Crippen molar-refractivity contribution in [1.82, 2.24) is 0 Å². The van der Waals surface area contributed by atoms with Gasteiger partial charge < -0.3 is 0 Å². The van der Waals surface area contributed by atoms with Gasteiger partial charge in [-0.2, -0.15) is 0 Å². The van der Waals surface area contributed by atoms with Crippen LogP contribution in [-0.2, 0) is 10.0 Å². The van der Waals surface area contributed by atoms with E-state index >= 15 is 0 Å². The van der Waals surface area contributed by atoms with E-state index in [0.717, 1.165) is 19.3 Å². The Morgan fingerprint density at radius 3 is 2.76 bits per heavy atom. The third kappa shape index (κ3) is 4.12. The van der Waals surface area contributed by atoms with Gasteiger partial charge >= 0.3 is 0 Å². The first-order chi connectivity index (χ1) is 9.94. The number of nitrogens with one attached hydrogen (secondary N) is 1. The van der Waals surface area contributed by atoms with Crippen LogP contribution in [0.1, 0.15) is 4.88 Å². The quantitative estimate of drug-likeness (QED) is 0.550. The Balaban J connectivity index is 2.33. The van der Waals surface area contributed by atoms with Crippen LogP contribution in [0.4, 0.5) is 5.69 Å². The molecule has 1 aromatic heterocycles. The average Bonchev–Trinajstić information content (AvgIpc) is 2.77. The SMILES string of the molecule is C=CCSc1ccccc1NS(=O)(=O)c1cc(Br)sc1C. The van der Waals surface area contributed by atoms with Gasteiger partial charge in [-0.05, 0) is 41.1 Å². The number of anilines is 1. The number of halogens is 1. The number of sulfonamides is 1. The first-order valence-corrected chi connectivity index (χ1v) is 10.1. The van der Waals surface area contributed by atoms with E-state index in [2.05, 4.69) is 27.2 Å². The van der Waals surface area contributed by atoms with Crippen molar-refractivity contribution in [2.75, 3.05) is 10.5 Å². The first-order valence-electron chi connectivity index (χ1n) is 6.05. The predicted octanol–water partition coefficient (Wildman–Crippen LogP) is 4.90. The summed E-state index contributed by atoms with van der Waals surface area (Å²) in [4.78, 5) is 1.95. The summed E-state index contributed by atoms with van der Waals surface area (Å²) in [6, 6.07) is 8.98. The molecule has 112 valence electrons. The Kier molecular flexibility index (Phi) is 5.54. The zero-order valence-corrected chi connectivity index (χ0v) is 15.3. The molecule has 0 saturated carbocycles. The molecule has 0 aliphatic carbocycles. The molecule has 0 amide bonds. The second kappa shape index (κ2) is 7.00. The van der Waals surface area contributed by atoms with Gasteiger partial charge in [0.05, 0.1) is 9.47 Å². The first kappa shape index (κ1) is 16.6. The number of thioether (sulfide) groups is 1. The number of rotatable bonds is 6. The number of para-hydroxylation sites is 1. The van der Waals surface area contributed by atoms with Crippen LogP contribution in [0.5, 0.6) is 0 Å². The highest BCUT2D eigenvalue weighted by molar-refractivity contribution is 9.11. The van der Waals surface area contributed by atoms with Crippen LogP contribution >= 0.6 is 39.0 Å². The fourth-order valence-corrected chi connectivity index (χ4v) is 6.03. The summed E-state index contributed by atoms with van der Waals surface area (Å²) in [5.74, 6) is 0.724. The summed E-state index contributed by atoms with van der Waals surface area (Å²) in [5.41, 5.74) is 0.589. The summed E-state index contributed by atoms with van der Waals surface area (Å²) in [6.45, 7) is 5.47. The van der Waals surface area contributed by atoms with E-state index in [1.54, 1.807) is 36.9 Å². The molecule has 0 saturated heterocycles. The molecule has 0 aliphatic heterocycles. The molecule has 3 nitrogen and oxygen atoms in total. The molecule has 0 bridgehead atoms. The Labute approximate surface area is 141 Å². The van der Waals surface area contributed by atoms with E-state index < -0.39 is 10.0 Å². The molecule has 1 N–H and O–H groups in total. The third-order valence-electron chi connectivity index (χ3n) is 2.62. The van der Waals surface area contributed by atoms with Crippen molar-refractivity contribution in [3.05, 3.63) is 51.7 Å². The molecule has 21 heavy (non-hydrogen) atoms. The minimum absolute atomic E-state index is 0.308. The van der Waals surface area contributed by atoms with Gasteiger partial charge in [0.25, 0.3) is 10.0 Å². The molecule has 0 spiro atoms. The summed E-state index contributed by atoms with van der Waals surface area (Å²) in [7, 11) is -3.58. The maximum atomic E-state index is 12.5. The van der Waals surface area contributed by atoms with Crippen molar-refractivity contribution in [2.24, 2.45) is 0 Å². The topological polar surface area (TPSA) is 46.2 Å². The zero-order chi connectivity index (χ0) is 15.5. The van der Waals surface area contributed by atoms with Crippen molar-refractivity contribution < 1.29 is 8.42 Å². The van der Waals surface area contributed by atoms with Gasteiger partial charge in [-0.25, -0.2) is 8.42 Å². The second-order valence-corrected chi connectivity index (χ2v) is 9.52. The van der Waals surface area contributed by atoms with Gasteiger partial charge in [0.1, 0.15) is 4.90 Å². The van der Waals surface area contributed by atoms with Crippen molar-refractivity contribution >= 4 is 54.7 Å². The molecule has 2 rings (SSSR count). The van der Waals surface area contributed by atoms with Gasteiger partial charge in [0.15, 0.2) is 0 Å². The predicted molar refractivity (Wildman–Crippen MR) is 94.9 cm³/mol. The Morgan fingerprint density at radius 1 is 1.43 bits per heavy atom. The van der Waals surface area contributed by atoms with Crippen molar-refractivity contribution in [1.29, 1.82) is 0 Å². The van der Waals surface area contributed by atoms with Crippen LogP contribution < -0.4 is 4.72 Å². The monoisotopic (exact) mass is 403 g/mol. The smallest absolute Gasteiger partial charge is 0.263 e. The Hall–Kier alpha value is -0.760. The third-order valence-corrected chi connectivity index (χ3v) is 6.86. The van der Waals surface area contributed by atoms with Crippen LogP contribution in [0, 0.1) is 6.92 Å². The number of hydrogen-bond acceptors (Lipinski definition) is 4. The number of thiophene rings is 1.